The first-order valence-electron chi connectivity index (χ1n) is 4.50. The van der Waals surface area contributed by atoms with Gasteiger partial charge >= 0.3 is 0 Å². The highest BCUT2D eigenvalue weighted by Gasteiger charge is 2.52. The van der Waals surface area contributed by atoms with Gasteiger partial charge in [0.1, 0.15) is 0 Å². The van der Waals surface area contributed by atoms with Gasteiger partial charge in [0.05, 0.1) is 11.3 Å². The lowest BCUT2D eigenvalue weighted by atomic mass is 9.69. The van der Waals surface area contributed by atoms with Crippen molar-refractivity contribution >= 4 is 11.8 Å². The summed E-state index contributed by atoms with van der Waals surface area (Å²) < 4.78 is 0. The molecule has 2 fully saturated rings. The minimum Gasteiger partial charge on any atom is -0.296 e. The molecule has 12 heavy (non-hydrogen) atoms. The molecular weight excluding hydrogens is 154 g/mol. The first-order chi connectivity index (χ1) is 5.64. The van der Waals surface area contributed by atoms with Gasteiger partial charge in [0.25, 0.3) is 0 Å². The van der Waals surface area contributed by atoms with Gasteiger partial charge in [-0.2, -0.15) is 0 Å². The van der Waals surface area contributed by atoms with Crippen LogP contribution in [0.3, 0.4) is 0 Å². The monoisotopic (exact) mass is 167 g/mol. The van der Waals surface area contributed by atoms with E-state index in [1.165, 1.54) is 0 Å². The summed E-state index contributed by atoms with van der Waals surface area (Å²) in [6, 6.07) is 0. The Hall–Kier alpha value is -0.860. The van der Waals surface area contributed by atoms with Crippen molar-refractivity contribution in [3.8, 4) is 0 Å². The Labute approximate surface area is 71.5 Å². The van der Waals surface area contributed by atoms with Crippen molar-refractivity contribution in [3.63, 3.8) is 0 Å². The van der Waals surface area contributed by atoms with Crippen LogP contribution in [0.15, 0.2) is 0 Å². The smallest absolute Gasteiger partial charge is 0.233 e. The van der Waals surface area contributed by atoms with Crippen LogP contribution in [-0.2, 0) is 9.59 Å². The molecule has 3 nitrogen and oxygen atoms in total. The molecule has 2 atom stereocenters. The number of fused-ring (bicyclic) bond motifs is 1. The van der Waals surface area contributed by atoms with E-state index in [1.807, 2.05) is 6.92 Å². The lowest BCUT2D eigenvalue weighted by Crippen LogP contribution is -2.34. The van der Waals surface area contributed by atoms with Crippen LogP contribution in [-0.4, -0.2) is 11.8 Å². The third-order valence-corrected chi connectivity index (χ3v) is 3.28. The van der Waals surface area contributed by atoms with Crippen LogP contribution in [0.25, 0.3) is 0 Å². The van der Waals surface area contributed by atoms with Crippen molar-refractivity contribution in [2.75, 3.05) is 0 Å². The first-order valence-corrected chi connectivity index (χ1v) is 4.50. The topological polar surface area (TPSA) is 46.2 Å². The predicted octanol–water partition coefficient (Wildman–Crippen LogP) is 0.839. The maximum absolute atomic E-state index is 11.4. The van der Waals surface area contributed by atoms with Gasteiger partial charge in [-0.25, -0.2) is 0 Å². The number of hydrogen-bond donors (Lipinski definition) is 1. The molecule has 0 aromatic rings. The maximum atomic E-state index is 11.4. The molecule has 0 radical (unpaired) electrons. The van der Waals surface area contributed by atoms with Crippen molar-refractivity contribution in [2.45, 2.75) is 32.6 Å². The minimum atomic E-state index is -0.380. The van der Waals surface area contributed by atoms with Gasteiger partial charge in [-0.05, 0) is 19.8 Å². The number of amides is 2. The molecule has 1 aliphatic heterocycles. The standard InChI is InChI=1S/C9H13NO2/c1-9-5-3-2-4-6(9)7(11)10-8(9)12/h6H,2-5H2,1H3,(H,10,11,12)/t6-,9?/m0/s1. The van der Waals surface area contributed by atoms with Crippen molar-refractivity contribution in [1.29, 1.82) is 0 Å². The molecule has 1 saturated heterocycles. The van der Waals surface area contributed by atoms with Gasteiger partial charge in [-0.1, -0.05) is 12.8 Å². The Kier molecular flexibility index (Phi) is 1.50. The van der Waals surface area contributed by atoms with E-state index in [4.69, 9.17) is 0 Å². The first kappa shape index (κ1) is 7.77. The van der Waals surface area contributed by atoms with Gasteiger partial charge in [-0.3, -0.25) is 14.9 Å². The molecule has 3 heteroatoms. The zero-order valence-electron chi connectivity index (χ0n) is 7.22. The summed E-state index contributed by atoms with van der Waals surface area (Å²) in [6.07, 6.45) is 3.91. The summed E-state index contributed by atoms with van der Waals surface area (Å²) >= 11 is 0. The van der Waals surface area contributed by atoms with E-state index in [0.29, 0.717) is 0 Å². The highest BCUT2D eigenvalue weighted by atomic mass is 16.2. The van der Waals surface area contributed by atoms with E-state index in [9.17, 15) is 9.59 Å². The van der Waals surface area contributed by atoms with Crippen molar-refractivity contribution in [1.82, 2.24) is 5.32 Å². The van der Waals surface area contributed by atoms with Crippen LogP contribution in [0.4, 0.5) is 0 Å². The summed E-state index contributed by atoms with van der Waals surface area (Å²) in [4.78, 5) is 22.7. The highest BCUT2D eigenvalue weighted by Crippen LogP contribution is 2.44. The molecule has 0 aromatic carbocycles. The molecule has 1 unspecified atom stereocenters. The van der Waals surface area contributed by atoms with E-state index >= 15 is 0 Å². The Balaban J connectivity index is 2.33. The van der Waals surface area contributed by atoms with E-state index in [2.05, 4.69) is 5.32 Å². The molecule has 0 bridgehead atoms. The second-order valence-corrected chi connectivity index (χ2v) is 4.03. The van der Waals surface area contributed by atoms with Crippen molar-refractivity contribution in [2.24, 2.45) is 11.3 Å². The third-order valence-electron chi connectivity index (χ3n) is 3.28. The van der Waals surface area contributed by atoms with Gasteiger partial charge in [0, 0.05) is 0 Å². The number of imide groups is 1. The van der Waals surface area contributed by atoms with Gasteiger partial charge < -0.3 is 0 Å². The predicted molar refractivity (Wildman–Crippen MR) is 43.2 cm³/mol. The summed E-state index contributed by atoms with van der Waals surface area (Å²) in [7, 11) is 0. The zero-order chi connectivity index (χ0) is 8.77. The van der Waals surface area contributed by atoms with Crippen LogP contribution in [0.1, 0.15) is 32.6 Å². The lowest BCUT2D eigenvalue weighted by molar-refractivity contribution is -0.129. The Morgan fingerprint density at radius 3 is 2.83 bits per heavy atom. The summed E-state index contributed by atoms with van der Waals surface area (Å²) in [6.45, 7) is 1.91. The summed E-state index contributed by atoms with van der Waals surface area (Å²) in [5.41, 5.74) is -0.380. The normalized spacial score (nSPS) is 40.9. The molecule has 0 spiro atoms. The minimum absolute atomic E-state index is 0.0428. The number of hydrogen-bond acceptors (Lipinski definition) is 2. The quantitative estimate of drug-likeness (QED) is 0.543. The Bertz CT molecular complexity index is 249. The average Bonchev–Trinajstić information content (AvgIpc) is 2.25. The van der Waals surface area contributed by atoms with Crippen LogP contribution in [0.5, 0.6) is 0 Å². The molecule has 1 heterocycles. The maximum Gasteiger partial charge on any atom is 0.233 e. The van der Waals surface area contributed by atoms with Crippen LogP contribution >= 0.6 is 0 Å². The largest absolute Gasteiger partial charge is 0.296 e. The Morgan fingerprint density at radius 1 is 1.42 bits per heavy atom. The molecular formula is C9H13NO2. The zero-order valence-corrected chi connectivity index (χ0v) is 7.22. The molecule has 0 aromatic heterocycles. The van der Waals surface area contributed by atoms with Gasteiger partial charge in [0.15, 0.2) is 0 Å². The molecule has 66 valence electrons. The van der Waals surface area contributed by atoms with Crippen molar-refractivity contribution in [3.05, 3.63) is 0 Å². The second-order valence-electron chi connectivity index (χ2n) is 4.03. The van der Waals surface area contributed by atoms with Gasteiger partial charge in [-0.15, -0.1) is 0 Å². The molecule has 1 N–H and O–H groups in total. The number of carbonyl (C=O) groups excluding carboxylic acids is 2. The van der Waals surface area contributed by atoms with E-state index < -0.39 is 0 Å². The average molecular weight is 167 g/mol. The fourth-order valence-corrected chi connectivity index (χ4v) is 2.37. The number of carbonyl (C=O) groups is 2. The molecule has 2 rings (SSSR count). The molecule has 2 aliphatic rings. The van der Waals surface area contributed by atoms with Gasteiger partial charge in [0.2, 0.25) is 11.8 Å². The molecule has 1 saturated carbocycles. The second kappa shape index (κ2) is 2.31. The van der Waals surface area contributed by atoms with E-state index in [0.717, 1.165) is 25.7 Å². The highest BCUT2D eigenvalue weighted by molar-refractivity contribution is 6.07. The van der Waals surface area contributed by atoms with Crippen LogP contribution < -0.4 is 5.32 Å². The lowest BCUT2D eigenvalue weighted by Gasteiger charge is -2.31. The number of rotatable bonds is 0. The van der Waals surface area contributed by atoms with E-state index in [1.54, 1.807) is 0 Å². The van der Waals surface area contributed by atoms with Crippen LogP contribution in [0.2, 0.25) is 0 Å². The Morgan fingerprint density at radius 2 is 2.17 bits per heavy atom. The third kappa shape index (κ3) is 0.822. The van der Waals surface area contributed by atoms with Crippen molar-refractivity contribution < 1.29 is 9.59 Å². The SMILES string of the molecule is CC12CCCC[C@H]1C(=O)NC2=O. The number of nitrogens with one attached hydrogen (secondary N) is 1. The fraction of sp³-hybridized carbons (Fsp3) is 0.778. The van der Waals surface area contributed by atoms with E-state index in [-0.39, 0.29) is 23.1 Å². The summed E-state index contributed by atoms with van der Waals surface area (Å²) in [5.74, 6) is -0.154. The molecule has 2 amide bonds. The van der Waals surface area contributed by atoms with Crippen LogP contribution in [0, 0.1) is 11.3 Å². The summed E-state index contributed by atoms with van der Waals surface area (Å²) in [5, 5.41) is 2.42. The molecule has 1 aliphatic carbocycles. The fourth-order valence-electron chi connectivity index (χ4n) is 2.37.